The van der Waals surface area contributed by atoms with E-state index in [1.807, 2.05) is 12.1 Å². The molecular weight excluding hydrogens is 316 g/mol. The lowest BCUT2D eigenvalue weighted by Crippen LogP contribution is -2.23. The second-order valence-corrected chi connectivity index (χ2v) is 8.10. The Labute approximate surface area is 147 Å². The van der Waals surface area contributed by atoms with Gasteiger partial charge in [-0.3, -0.25) is 9.11 Å². The summed E-state index contributed by atoms with van der Waals surface area (Å²) in [4.78, 5) is 5.62. The Kier molecular flexibility index (Phi) is 5.36. The Hall–Kier alpha value is -1.65. The van der Waals surface area contributed by atoms with Crippen LogP contribution in [-0.4, -0.2) is 36.0 Å². The summed E-state index contributed by atoms with van der Waals surface area (Å²) in [7, 11) is 3.27. The molecule has 0 spiro atoms. The van der Waals surface area contributed by atoms with Crippen LogP contribution in [0.1, 0.15) is 30.0 Å². The van der Waals surface area contributed by atoms with Crippen LogP contribution in [0.25, 0.3) is 0 Å². The Morgan fingerprint density at radius 2 is 1.92 bits per heavy atom. The van der Waals surface area contributed by atoms with E-state index in [4.69, 9.17) is 0 Å². The summed E-state index contributed by atoms with van der Waals surface area (Å²) in [6.45, 7) is 2.09. The molecule has 3 rings (SSSR count). The predicted molar refractivity (Wildman–Crippen MR) is 102 cm³/mol. The zero-order chi connectivity index (χ0) is 17.1. The maximum absolute atomic E-state index is 11.5. The molecule has 4 heteroatoms. The molecule has 0 N–H and O–H groups in total. The van der Waals surface area contributed by atoms with Gasteiger partial charge in [-0.15, -0.1) is 0 Å². The average Bonchev–Trinajstić information content (AvgIpc) is 3.03. The van der Waals surface area contributed by atoms with E-state index >= 15 is 0 Å². The number of hydrogen-bond acceptors (Lipinski definition) is 3. The van der Waals surface area contributed by atoms with Gasteiger partial charge in [0.15, 0.2) is 0 Å². The zero-order valence-corrected chi connectivity index (χ0v) is 15.6. The molecule has 1 heterocycles. The number of benzene rings is 2. The molecule has 2 aromatic carbocycles. The van der Waals surface area contributed by atoms with E-state index in [0.717, 1.165) is 18.0 Å². The third kappa shape index (κ3) is 3.87. The third-order valence-electron chi connectivity index (χ3n) is 4.78. The lowest BCUT2D eigenvalue weighted by molar-refractivity contribution is 0.248. The normalized spacial score (nSPS) is 19.4. The summed E-state index contributed by atoms with van der Waals surface area (Å²) in [5.74, 6) is 0. The van der Waals surface area contributed by atoms with Gasteiger partial charge in [-0.05, 0) is 54.8 Å². The van der Waals surface area contributed by atoms with Crippen molar-refractivity contribution in [2.75, 3.05) is 31.8 Å². The van der Waals surface area contributed by atoms with E-state index in [1.54, 1.807) is 6.26 Å². The first-order valence-electron chi connectivity index (χ1n) is 8.48. The molecule has 0 aromatic heterocycles. The highest BCUT2D eigenvalue weighted by Gasteiger charge is 2.26. The molecule has 0 unspecified atom stereocenters. The van der Waals surface area contributed by atoms with Crippen LogP contribution in [0.3, 0.4) is 0 Å². The molecule has 0 saturated carbocycles. The van der Waals surface area contributed by atoms with E-state index in [9.17, 15) is 4.21 Å². The average molecular weight is 343 g/mol. The molecule has 0 aliphatic carbocycles. The molecule has 2 atom stereocenters. The maximum atomic E-state index is 11.5. The Morgan fingerprint density at radius 1 is 1.17 bits per heavy atom. The molecule has 1 fully saturated rings. The fourth-order valence-electron chi connectivity index (χ4n) is 3.42. The molecular formula is C20H26N2OS. The van der Waals surface area contributed by atoms with Gasteiger partial charge in [0, 0.05) is 54.3 Å². The molecule has 3 nitrogen and oxygen atoms in total. The summed E-state index contributed by atoms with van der Waals surface area (Å²) in [6.07, 6.45) is 4.19. The van der Waals surface area contributed by atoms with Crippen LogP contribution in [0, 0.1) is 0 Å². The first-order valence-corrected chi connectivity index (χ1v) is 10.0. The first-order chi connectivity index (χ1) is 11.5. The van der Waals surface area contributed by atoms with Crippen LogP contribution in [-0.2, 0) is 17.3 Å². The summed E-state index contributed by atoms with van der Waals surface area (Å²) >= 11 is 0. The third-order valence-corrected chi connectivity index (χ3v) is 5.71. The number of likely N-dealkylation sites (tertiary alicyclic amines) is 1. The first kappa shape index (κ1) is 17.2. The standard InChI is InChI=1S/C20H26N2OS/c1-21(2)18-7-4-6-17(14-18)20-8-5-13-22(20)15-16-9-11-19(12-10-16)24(3)23/h4,6-7,9-12,14,20H,5,8,13,15H2,1-3H3/t20-,24-/m0/s1. The fraction of sp³-hybridized carbons (Fsp3) is 0.400. The Morgan fingerprint density at radius 3 is 2.58 bits per heavy atom. The van der Waals surface area contributed by atoms with Crippen molar-refractivity contribution >= 4 is 16.5 Å². The zero-order valence-electron chi connectivity index (χ0n) is 14.7. The minimum Gasteiger partial charge on any atom is -0.378 e. The summed E-state index contributed by atoms with van der Waals surface area (Å²) in [6, 6.07) is 17.6. The minimum absolute atomic E-state index is 0.491. The van der Waals surface area contributed by atoms with E-state index in [0.29, 0.717) is 6.04 Å². The van der Waals surface area contributed by atoms with Crippen molar-refractivity contribution in [2.45, 2.75) is 30.3 Å². The topological polar surface area (TPSA) is 23.6 Å². The van der Waals surface area contributed by atoms with Crippen molar-refractivity contribution < 1.29 is 4.21 Å². The van der Waals surface area contributed by atoms with Gasteiger partial charge in [-0.1, -0.05) is 24.3 Å². The van der Waals surface area contributed by atoms with Gasteiger partial charge >= 0.3 is 0 Å². The summed E-state index contributed by atoms with van der Waals surface area (Å²) < 4.78 is 11.5. The lowest BCUT2D eigenvalue weighted by Gasteiger charge is -2.26. The van der Waals surface area contributed by atoms with E-state index < -0.39 is 10.8 Å². The highest BCUT2D eigenvalue weighted by molar-refractivity contribution is 7.84. The smallest absolute Gasteiger partial charge is 0.0498 e. The Balaban J connectivity index is 1.76. The SMILES string of the molecule is CN(C)c1cccc([C@@H]2CCCN2Cc2ccc([S@](C)=O)cc2)c1. The van der Waals surface area contributed by atoms with Gasteiger partial charge in [-0.25, -0.2) is 0 Å². The quantitative estimate of drug-likeness (QED) is 0.825. The van der Waals surface area contributed by atoms with Gasteiger partial charge in [0.1, 0.15) is 0 Å². The van der Waals surface area contributed by atoms with Gasteiger partial charge in [0.2, 0.25) is 0 Å². The summed E-state index contributed by atoms with van der Waals surface area (Å²) in [5, 5.41) is 0. The van der Waals surface area contributed by atoms with Crippen LogP contribution >= 0.6 is 0 Å². The largest absolute Gasteiger partial charge is 0.378 e. The van der Waals surface area contributed by atoms with Crippen molar-refractivity contribution in [1.29, 1.82) is 0 Å². The van der Waals surface area contributed by atoms with Crippen LogP contribution in [0.5, 0.6) is 0 Å². The molecule has 1 saturated heterocycles. The number of anilines is 1. The minimum atomic E-state index is -0.903. The summed E-state index contributed by atoms with van der Waals surface area (Å²) in [5.41, 5.74) is 3.96. The van der Waals surface area contributed by atoms with Gasteiger partial charge in [-0.2, -0.15) is 0 Å². The maximum Gasteiger partial charge on any atom is 0.0498 e. The van der Waals surface area contributed by atoms with Crippen LogP contribution in [0.2, 0.25) is 0 Å². The molecule has 2 aromatic rings. The number of rotatable bonds is 5. The Bertz CT molecular complexity index is 712. The van der Waals surface area contributed by atoms with Gasteiger partial charge in [0.05, 0.1) is 0 Å². The monoisotopic (exact) mass is 342 g/mol. The van der Waals surface area contributed by atoms with E-state index in [1.165, 1.54) is 29.7 Å². The molecule has 0 bridgehead atoms. The fourth-order valence-corrected chi connectivity index (χ4v) is 3.94. The van der Waals surface area contributed by atoms with E-state index in [2.05, 4.69) is 60.3 Å². The number of nitrogens with zero attached hydrogens (tertiary/aromatic N) is 2. The van der Waals surface area contributed by atoms with Crippen molar-refractivity contribution in [3.8, 4) is 0 Å². The van der Waals surface area contributed by atoms with Crippen LogP contribution in [0.4, 0.5) is 5.69 Å². The van der Waals surface area contributed by atoms with Gasteiger partial charge in [0.25, 0.3) is 0 Å². The highest BCUT2D eigenvalue weighted by Crippen LogP contribution is 2.34. The van der Waals surface area contributed by atoms with Crippen LogP contribution < -0.4 is 4.90 Å². The molecule has 1 aliphatic heterocycles. The second-order valence-electron chi connectivity index (χ2n) is 6.72. The molecule has 0 amide bonds. The molecule has 128 valence electrons. The predicted octanol–water partition coefficient (Wildman–Crippen LogP) is 3.83. The second kappa shape index (κ2) is 7.49. The van der Waals surface area contributed by atoms with Crippen molar-refractivity contribution in [3.05, 3.63) is 59.7 Å². The molecule has 0 radical (unpaired) electrons. The lowest BCUT2D eigenvalue weighted by atomic mass is 10.0. The van der Waals surface area contributed by atoms with E-state index in [-0.39, 0.29) is 0 Å². The molecule has 24 heavy (non-hydrogen) atoms. The van der Waals surface area contributed by atoms with Crippen molar-refractivity contribution in [1.82, 2.24) is 4.90 Å². The molecule has 1 aliphatic rings. The highest BCUT2D eigenvalue weighted by atomic mass is 32.2. The van der Waals surface area contributed by atoms with Gasteiger partial charge < -0.3 is 4.90 Å². The van der Waals surface area contributed by atoms with Crippen molar-refractivity contribution in [3.63, 3.8) is 0 Å². The van der Waals surface area contributed by atoms with Crippen LogP contribution in [0.15, 0.2) is 53.4 Å². The number of hydrogen-bond donors (Lipinski definition) is 0. The van der Waals surface area contributed by atoms with Crippen molar-refractivity contribution in [2.24, 2.45) is 0 Å².